The third kappa shape index (κ3) is 3.68. The lowest BCUT2D eigenvalue weighted by atomic mass is 9.77. The van der Waals surface area contributed by atoms with Crippen LogP contribution in [0.3, 0.4) is 0 Å². The van der Waals surface area contributed by atoms with Crippen molar-refractivity contribution in [2.45, 2.75) is 57.7 Å². The fraction of sp³-hybridized carbons (Fsp3) is 0.529. The Hall–Kier alpha value is -1.30. The van der Waals surface area contributed by atoms with Crippen LogP contribution in [0.25, 0.3) is 0 Å². The number of rotatable bonds is 1. The summed E-state index contributed by atoms with van der Waals surface area (Å²) in [6.45, 7) is 7.69. The first-order valence-electron chi connectivity index (χ1n) is 7.81. The van der Waals surface area contributed by atoms with E-state index in [0.29, 0.717) is 23.6 Å². The molecule has 1 aromatic rings. The van der Waals surface area contributed by atoms with Crippen LogP contribution in [0.4, 0.5) is 5.69 Å². The first-order chi connectivity index (χ1) is 11.0. The molecule has 0 unspecified atom stereocenters. The molecule has 0 atom stereocenters. The number of nitrogens with one attached hydrogen (secondary N) is 1. The summed E-state index contributed by atoms with van der Waals surface area (Å²) in [7, 11) is 0. The Bertz CT molecular complexity index is 656. The fourth-order valence-corrected chi connectivity index (χ4v) is 4.13. The molecule has 7 heteroatoms. The van der Waals surface area contributed by atoms with Crippen LogP contribution in [0, 0.1) is 0 Å². The van der Waals surface area contributed by atoms with E-state index in [-0.39, 0.29) is 11.1 Å². The molecule has 0 radical (unpaired) electrons. The van der Waals surface area contributed by atoms with Crippen LogP contribution in [0.2, 0.25) is 10.0 Å². The third-order valence-corrected chi connectivity index (χ3v) is 5.15. The maximum atomic E-state index is 12.8. The zero-order valence-corrected chi connectivity index (χ0v) is 15.8. The largest absolute Gasteiger partial charge is 0.328 e. The highest BCUT2D eigenvalue weighted by Gasteiger charge is 2.48. The summed E-state index contributed by atoms with van der Waals surface area (Å²) in [5.74, 6) is -1.34. The van der Waals surface area contributed by atoms with E-state index in [9.17, 15) is 9.59 Å². The summed E-state index contributed by atoms with van der Waals surface area (Å²) >= 11 is 12.0. The highest BCUT2D eigenvalue weighted by Crippen LogP contribution is 2.38. The summed E-state index contributed by atoms with van der Waals surface area (Å²) in [4.78, 5) is 27.0. The van der Waals surface area contributed by atoms with Gasteiger partial charge in [0.25, 0.3) is 0 Å². The summed E-state index contributed by atoms with van der Waals surface area (Å²) in [5.41, 5.74) is 5.39. The van der Waals surface area contributed by atoms with Crippen molar-refractivity contribution >= 4 is 40.7 Å². The van der Waals surface area contributed by atoms with E-state index in [2.05, 4.69) is 5.32 Å². The SMILES string of the molecule is CC1(C)CC(N)CC(C)(C)N1C(=O)C(=O)Nc1cccc(Cl)c1Cl. The van der Waals surface area contributed by atoms with Gasteiger partial charge in [0.05, 0.1) is 15.7 Å². The number of nitrogens with two attached hydrogens (primary N) is 1. The minimum absolute atomic E-state index is 0.00974. The number of amides is 2. The quantitative estimate of drug-likeness (QED) is 0.742. The second kappa shape index (κ2) is 6.54. The number of carbonyl (C=O) groups excluding carboxylic acids is 2. The number of hydrogen-bond donors (Lipinski definition) is 2. The number of piperidine rings is 1. The van der Waals surface area contributed by atoms with E-state index < -0.39 is 22.9 Å². The van der Waals surface area contributed by atoms with Gasteiger partial charge in [0.15, 0.2) is 0 Å². The lowest BCUT2D eigenvalue weighted by molar-refractivity contribution is -0.156. The average Bonchev–Trinajstić information content (AvgIpc) is 2.40. The van der Waals surface area contributed by atoms with Crippen molar-refractivity contribution in [2.24, 2.45) is 5.73 Å². The van der Waals surface area contributed by atoms with Gasteiger partial charge in [-0.05, 0) is 52.7 Å². The minimum atomic E-state index is -0.740. The lowest BCUT2D eigenvalue weighted by Crippen LogP contribution is -2.66. The molecule has 1 aliphatic rings. The van der Waals surface area contributed by atoms with Crippen molar-refractivity contribution in [3.8, 4) is 0 Å². The Balaban J connectivity index is 2.26. The summed E-state index contributed by atoms with van der Waals surface area (Å²) in [5, 5.41) is 3.08. The molecule has 1 fully saturated rings. The molecule has 2 amide bonds. The molecule has 2 rings (SSSR count). The molecule has 1 saturated heterocycles. The standard InChI is InChI=1S/C17H23Cl2N3O2/c1-16(2)8-10(20)9-17(3,4)22(16)15(24)14(23)21-12-7-5-6-11(18)13(12)19/h5-7,10H,8-9,20H2,1-4H3,(H,21,23). The van der Waals surface area contributed by atoms with Crippen LogP contribution in [0.15, 0.2) is 18.2 Å². The highest BCUT2D eigenvalue weighted by molar-refractivity contribution is 6.45. The average molecular weight is 372 g/mol. The van der Waals surface area contributed by atoms with Crippen LogP contribution < -0.4 is 11.1 Å². The van der Waals surface area contributed by atoms with Crippen LogP contribution >= 0.6 is 23.2 Å². The van der Waals surface area contributed by atoms with Crippen molar-refractivity contribution < 1.29 is 9.59 Å². The van der Waals surface area contributed by atoms with E-state index >= 15 is 0 Å². The first-order valence-corrected chi connectivity index (χ1v) is 8.56. The van der Waals surface area contributed by atoms with E-state index in [1.165, 1.54) is 0 Å². The Morgan fingerprint density at radius 3 is 2.25 bits per heavy atom. The monoisotopic (exact) mass is 371 g/mol. The van der Waals surface area contributed by atoms with Gasteiger partial charge in [0.2, 0.25) is 0 Å². The second-order valence-electron chi connectivity index (χ2n) is 7.49. The fourth-order valence-electron chi connectivity index (χ4n) is 3.78. The lowest BCUT2D eigenvalue weighted by Gasteiger charge is -2.54. The van der Waals surface area contributed by atoms with Crippen molar-refractivity contribution in [3.63, 3.8) is 0 Å². The van der Waals surface area contributed by atoms with Gasteiger partial charge < -0.3 is 16.0 Å². The molecule has 5 nitrogen and oxygen atoms in total. The number of carbonyl (C=O) groups is 2. The second-order valence-corrected chi connectivity index (χ2v) is 8.27. The molecule has 132 valence electrons. The van der Waals surface area contributed by atoms with E-state index in [1.807, 2.05) is 27.7 Å². The molecule has 1 aliphatic heterocycles. The van der Waals surface area contributed by atoms with E-state index in [4.69, 9.17) is 28.9 Å². The van der Waals surface area contributed by atoms with Gasteiger partial charge in [-0.25, -0.2) is 0 Å². The molecule has 0 saturated carbocycles. The summed E-state index contributed by atoms with van der Waals surface area (Å²) in [6, 6.07) is 4.85. The molecule has 0 spiro atoms. The zero-order valence-electron chi connectivity index (χ0n) is 14.3. The molecular weight excluding hydrogens is 349 g/mol. The maximum Gasteiger partial charge on any atom is 0.313 e. The van der Waals surface area contributed by atoms with Crippen LogP contribution in [0.1, 0.15) is 40.5 Å². The first kappa shape index (κ1) is 19.0. The number of benzene rings is 1. The molecule has 1 heterocycles. The Morgan fingerprint density at radius 1 is 1.17 bits per heavy atom. The van der Waals surface area contributed by atoms with Gasteiger partial charge in [0.1, 0.15) is 0 Å². The van der Waals surface area contributed by atoms with Crippen LogP contribution in [-0.2, 0) is 9.59 Å². The molecule has 0 aliphatic carbocycles. The highest BCUT2D eigenvalue weighted by atomic mass is 35.5. The van der Waals surface area contributed by atoms with Crippen LogP contribution in [0.5, 0.6) is 0 Å². The maximum absolute atomic E-state index is 12.8. The van der Waals surface area contributed by atoms with Gasteiger partial charge in [-0.3, -0.25) is 9.59 Å². The van der Waals surface area contributed by atoms with E-state index in [0.717, 1.165) is 0 Å². The molecule has 0 bridgehead atoms. The normalized spacial score (nSPS) is 19.9. The van der Waals surface area contributed by atoms with Gasteiger partial charge in [-0.2, -0.15) is 0 Å². The molecular formula is C17H23Cl2N3O2. The molecule has 1 aromatic carbocycles. The number of anilines is 1. The number of hydrogen-bond acceptors (Lipinski definition) is 3. The Morgan fingerprint density at radius 2 is 1.71 bits per heavy atom. The van der Waals surface area contributed by atoms with Crippen molar-refractivity contribution in [1.82, 2.24) is 4.90 Å². The number of halogens is 2. The van der Waals surface area contributed by atoms with Crippen molar-refractivity contribution in [3.05, 3.63) is 28.2 Å². The van der Waals surface area contributed by atoms with Crippen molar-refractivity contribution in [1.29, 1.82) is 0 Å². The van der Waals surface area contributed by atoms with Gasteiger partial charge in [-0.1, -0.05) is 29.3 Å². The smallest absolute Gasteiger partial charge is 0.313 e. The van der Waals surface area contributed by atoms with Gasteiger partial charge >= 0.3 is 11.8 Å². The van der Waals surface area contributed by atoms with Crippen molar-refractivity contribution in [2.75, 3.05) is 5.32 Å². The number of nitrogens with zero attached hydrogens (tertiary/aromatic N) is 1. The minimum Gasteiger partial charge on any atom is -0.328 e. The summed E-state index contributed by atoms with van der Waals surface area (Å²) < 4.78 is 0. The number of likely N-dealkylation sites (tertiary alicyclic amines) is 1. The zero-order chi connectivity index (χ0) is 18.3. The predicted octanol–water partition coefficient (Wildman–Crippen LogP) is 3.44. The topological polar surface area (TPSA) is 75.4 Å². The van der Waals surface area contributed by atoms with Gasteiger partial charge in [-0.15, -0.1) is 0 Å². The summed E-state index contributed by atoms with van der Waals surface area (Å²) in [6.07, 6.45) is 1.26. The molecule has 3 N–H and O–H groups in total. The third-order valence-electron chi connectivity index (χ3n) is 4.33. The Kier molecular flexibility index (Phi) is 5.19. The predicted molar refractivity (Wildman–Crippen MR) is 97.3 cm³/mol. The Labute approximate surface area is 152 Å². The van der Waals surface area contributed by atoms with E-state index in [1.54, 1.807) is 23.1 Å². The van der Waals surface area contributed by atoms with Crippen LogP contribution in [-0.4, -0.2) is 33.8 Å². The molecule has 0 aromatic heterocycles. The molecule has 24 heavy (non-hydrogen) atoms. The van der Waals surface area contributed by atoms with Gasteiger partial charge in [0, 0.05) is 17.1 Å².